The minimum absolute atomic E-state index is 0.691. The monoisotopic (exact) mass is 318 g/mol. The van der Waals surface area contributed by atoms with Gasteiger partial charge in [-0.2, -0.15) is 9.78 Å². The maximum absolute atomic E-state index is 5.81. The van der Waals surface area contributed by atoms with Gasteiger partial charge in [0, 0.05) is 18.2 Å². The van der Waals surface area contributed by atoms with Crippen LogP contribution in [0, 0.1) is 20.8 Å². The molecule has 4 rings (SSSR count). The van der Waals surface area contributed by atoms with Crippen LogP contribution >= 0.6 is 0 Å². The van der Waals surface area contributed by atoms with E-state index in [0.29, 0.717) is 6.42 Å². The zero-order valence-corrected chi connectivity index (χ0v) is 13.9. The molecule has 24 heavy (non-hydrogen) atoms. The Hall–Kier alpha value is -2.95. The van der Waals surface area contributed by atoms with E-state index in [1.165, 1.54) is 5.56 Å². The highest BCUT2D eigenvalue weighted by atomic mass is 16.3. The quantitative estimate of drug-likeness (QED) is 0.574. The fourth-order valence-corrected chi connectivity index (χ4v) is 2.90. The normalized spacial score (nSPS) is 11.3. The number of aromatic nitrogens is 4. The Morgan fingerprint density at radius 3 is 2.58 bits per heavy atom. The second-order valence-corrected chi connectivity index (χ2v) is 6.02. The van der Waals surface area contributed by atoms with Gasteiger partial charge in [-0.25, -0.2) is 9.97 Å². The van der Waals surface area contributed by atoms with Crippen molar-refractivity contribution in [2.24, 2.45) is 0 Å². The van der Waals surface area contributed by atoms with Gasteiger partial charge in [-0.15, -0.1) is 0 Å². The van der Waals surface area contributed by atoms with E-state index in [1.54, 1.807) is 4.68 Å². The van der Waals surface area contributed by atoms with Gasteiger partial charge in [0.1, 0.15) is 11.6 Å². The van der Waals surface area contributed by atoms with Crippen LogP contribution in [0.4, 0.5) is 0 Å². The van der Waals surface area contributed by atoms with E-state index < -0.39 is 0 Å². The van der Waals surface area contributed by atoms with Crippen LogP contribution in [0.25, 0.3) is 16.9 Å². The lowest BCUT2D eigenvalue weighted by Crippen LogP contribution is -2.06. The molecule has 0 N–H and O–H groups in total. The molecule has 4 aromatic rings. The summed E-state index contributed by atoms with van der Waals surface area (Å²) in [5.41, 5.74) is 3.76. The fourth-order valence-electron chi connectivity index (χ4n) is 2.90. The Labute approximate surface area is 140 Å². The summed E-state index contributed by atoms with van der Waals surface area (Å²) in [6.45, 7) is 5.89. The summed E-state index contributed by atoms with van der Waals surface area (Å²) in [7, 11) is 0. The van der Waals surface area contributed by atoms with Gasteiger partial charge < -0.3 is 4.42 Å². The van der Waals surface area contributed by atoms with Crippen LogP contribution < -0.4 is 0 Å². The van der Waals surface area contributed by atoms with Gasteiger partial charge in [0.2, 0.25) is 5.71 Å². The third kappa shape index (κ3) is 2.58. The third-order valence-corrected chi connectivity index (χ3v) is 3.98. The van der Waals surface area contributed by atoms with E-state index in [2.05, 4.69) is 22.2 Å². The van der Waals surface area contributed by atoms with Gasteiger partial charge in [-0.05, 0) is 32.4 Å². The van der Waals surface area contributed by atoms with Gasteiger partial charge in [0.15, 0.2) is 5.82 Å². The van der Waals surface area contributed by atoms with E-state index in [1.807, 2.05) is 51.1 Å². The van der Waals surface area contributed by atoms with E-state index in [9.17, 15) is 0 Å². The highest BCUT2D eigenvalue weighted by Crippen LogP contribution is 2.24. The smallest absolute Gasteiger partial charge is 0.231 e. The highest BCUT2D eigenvalue weighted by molar-refractivity contribution is 5.79. The molecule has 0 aliphatic rings. The van der Waals surface area contributed by atoms with Crippen molar-refractivity contribution in [3.63, 3.8) is 0 Å². The fraction of sp³-hybridized carbons (Fsp3) is 0.211. The summed E-state index contributed by atoms with van der Waals surface area (Å²) in [4.78, 5) is 9.27. The third-order valence-electron chi connectivity index (χ3n) is 3.98. The van der Waals surface area contributed by atoms with E-state index in [4.69, 9.17) is 9.40 Å². The maximum Gasteiger partial charge on any atom is 0.231 e. The Bertz CT molecular complexity index is 1010. The molecular formula is C19H18N4O. The molecular weight excluding hydrogens is 300 g/mol. The summed E-state index contributed by atoms with van der Waals surface area (Å²) in [6.07, 6.45) is 0.691. The molecule has 1 aromatic carbocycles. The second kappa shape index (κ2) is 5.60. The molecule has 0 aliphatic heterocycles. The molecule has 0 unspecified atom stereocenters. The zero-order valence-electron chi connectivity index (χ0n) is 13.9. The molecule has 3 heterocycles. The molecule has 5 nitrogen and oxygen atoms in total. The van der Waals surface area contributed by atoms with Gasteiger partial charge >= 0.3 is 0 Å². The first-order valence-electron chi connectivity index (χ1n) is 7.95. The summed E-state index contributed by atoms with van der Waals surface area (Å²) in [5, 5.41) is 5.60. The minimum atomic E-state index is 0.691. The number of aryl methyl sites for hydroxylation is 3. The first-order chi connectivity index (χ1) is 11.6. The predicted molar refractivity (Wildman–Crippen MR) is 92.4 cm³/mol. The van der Waals surface area contributed by atoms with Gasteiger partial charge in [0.25, 0.3) is 0 Å². The molecule has 0 spiro atoms. The van der Waals surface area contributed by atoms with E-state index in [-0.39, 0.29) is 0 Å². The molecule has 120 valence electrons. The van der Waals surface area contributed by atoms with Crippen LogP contribution in [0.15, 0.2) is 46.9 Å². The van der Waals surface area contributed by atoms with Crippen molar-refractivity contribution in [2.75, 3.05) is 0 Å². The topological polar surface area (TPSA) is 56.7 Å². The Morgan fingerprint density at radius 1 is 1.00 bits per heavy atom. The molecule has 0 aliphatic carbocycles. The van der Waals surface area contributed by atoms with Crippen molar-refractivity contribution in [1.29, 1.82) is 0 Å². The van der Waals surface area contributed by atoms with Crippen molar-refractivity contribution in [2.45, 2.75) is 27.2 Å². The molecule has 0 saturated carbocycles. The molecule has 5 heteroatoms. The predicted octanol–water partition coefficient (Wildman–Crippen LogP) is 3.92. The second-order valence-electron chi connectivity index (χ2n) is 6.02. The standard InChI is InChI=1S/C19H18N4O/c1-12-9-18(21-17(20-12)11-15-7-5-4-6-8-15)23-19-16(14(3)22-23)10-13(2)24-19/h4-10H,11H2,1-3H3. The lowest BCUT2D eigenvalue weighted by molar-refractivity contribution is 0.549. The van der Waals surface area contributed by atoms with Crippen LogP contribution in [0.1, 0.15) is 28.5 Å². The number of benzene rings is 1. The number of nitrogens with zero attached hydrogens (tertiary/aromatic N) is 4. The summed E-state index contributed by atoms with van der Waals surface area (Å²) in [5.74, 6) is 2.39. The van der Waals surface area contributed by atoms with Crippen LogP contribution in [-0.2, 0) is 6.42 Å². The Balaban J connectivity index is 1.80. The summed E-state index contributed by atoms with van der Waals surface area (Å²) in [6, 6.07) is 14.2. The molecule has 0 saturated heterocycles. The minimum Gasteiger partial charge on any atom is -0.443 e. The zero-order chi connectivity index (χ0) is 16.7. The van der Waals surface area contributed by atoms with Crippen molar-refractivity contribution in [3.05, 3.63) is 71.0 Å². The van der Waals surface area contributed by atoms with Crippen molar-refractivity contribution < 1.29 is 4.42 Å². The SMILES string of the molecule is Cc1cc(-n2nc(C)c3cc(C)oc32)nc(Cc2ccccc2)n1. The van der Waals surface area contributed by atoms with Crippen molar-refractivity contribution in [1.82, 2.24) is 19.7 Å². The number of hydrogen-bond acceptors (Lipinski definition) is 4. The lowest BCUT2D eigenvalue weighted by Gasteiger charge is -2.06. The summed E-state index contributed by atoms with van der Waals surface area (Å²) >= 11 is 0. The van der Waals surface area contributed by atoms with Crippen LogP contribution in [0.5, 0.6) is 0 Å². The van der Waals surface area contributed by atoms with Gasteiger partial charge in [-0.3, -0.25) is 0 Å². The molecule has 0 radical (unpaired) electrons. The van der Waals surface area contributed by atoms with E-state index >= 15 is 0 Å². The average Bonchev–Trinajstić information content (AvgIpc) is 3.07. The van der Waals surface area contributed by atoms with Crippen LogP contribution in [-0.4, -0.2) is 19.7 Å². The number of furan rings is 1. The summed E-state index contributed by atoms with van der Waals surface area (Å²) < 4.78 is 7.58. The molecule has 0 atom stereocenters. The van der Waals surface area contributed by atoms with E-state index in [0.717, 1.165) is 39.9 Å². The first kappa shape index (κ1) is 14.6. The Morgan fingerprint density at radius 2 is 1.79 bits per heavy atom. The molecule has 0 fully saturated rings. The van der Waals surface area contributed by atoms with Crippen LogP contribution in [0.3, 0.4) is 0 Å². The number of fused-ring (bicyclic) bond motifs is 1. The molecule has 3 aromatic heterocycles. The molecule has 0 bridgehead atoms. The van der Waals surface area contributed by atoms with Crippen molar-refractivity contribution >= 4 is 11.1 Å². The van der Waals surface area contributed by atoms with Crippen molar-refractivity contribution in [3.8, 4) is 5.82 Å². The van der Waals surface area contributed by atoms with Gasteiger partial charge in [0.05, 0.1) is 11.1 Å². The Kier molecular flexibility index (Phi) is 3.41. The lowest BCUT2D eigenvalue weighted by atomic mass is 10.1. The highest BCUT2D eigenvalue weighted by Gasteiger charge is 2.15. The average molecular weight is 318 g/mol. The first-order valence-corrected chi connectivity index (χ1v) is 7.95. The maximum atomic E-state index is 5.81. The number of rotatable bonds is 3. The molecule has 0 amide bonds. The van der Waals surface area contributed by atoms with Gasteiger partial charge in [-0.1, -0.05) is 30.3 Å². The largest absolute Gasteiger partial charge is 0.443 e. The number of hydrogen-bond donors (Lipinski definition) is 0. The van der Waals surface area contributed by atoms with Crippen LogP contribution in [0.2, 0.25) is 0 Å².